The lowest BCUT2D eigenvalue weighted by Gasteiger charge is -2.07. The number of hydrogen-bond acceptors (Lipinski definition) is 2. The predicted octanol–water partition coefficient (Wildman–Crippen LogP) is 4.23. The highest BCUT2D eigenvalue weighted by molar-refractivity contribution is 7.98. The Morgan fingerprint density at radius 3 is 2.33 bits per heavy atom. The van der Waals surface area contributed by atoms with Gasteiger partial charge in [0, 0.05) is 17.9 Å². The lowest BCUT2D eigenvalue weighted by molar-refractivity contribution is -0.135. The van der Waals surface area contributed by atoms with Gasteiger partial charge in [0.2, 0.25) is 0 Å². The molecular formula is C13H18F3NS. The van der Waals surface area contributed by atoms with Gasteiger partial charge < -0.3 is 5.32 Å². The minimum Gasteiger partial charge on any atom is -0.313 e. The second-order valence-electron chi connectivity index (χ2n) is 4.10. The van der Waals surface area contributed by atoms with Gasteiger partial charge in [0.05, 0.1) is 0 Å². The van der Waals surface area contributed by atoms with E-state index < -0.39 is 12.6 Å². The summed E-state index contributed by atoms with van der Waals surface area (Å²) in [5.41, 5.74) is 1.16. The third-order valence-electron chi connectivity index (χ3n) is 2.55. The van der Waals surface area contributed by atoms with E-state index in [4.69, 9.17) is 0 Å². The lowest BCUT2D eigenvalue weighted by Crippen LogP contribution is -2.15. The molecule has 0 aromatic heterocycles. The molecule has 1 rings (SSSR count). The van der Waals surface area contributed by atoms with Crippen LogP contribution in [-0.2, 0) is 6.54 Å². The largest absolute Gasteiger partial charge is 0.389 e. The standard InChI is InChI=1S/C13H18F3NS/c1-18-12-6-4-11(5-7-12)10-17-9-3-2-8-13(14,15)16/h4-7,17H,2-3,8-10H2,1H3. The van der Waals surface area contributed by atoms with Crippen LogP contribution in [0.25, 0.3) is 0 Å². The number of unbranched alkanes of at least 4 members (excludes halogenated alkanes) is 1. The van der Waals surface area contributed by atoms with Crippen LogP contribution in [0.2, 0.25) is 0 Å². The van der Waals surface area contributed by atoms with Gasteiger partial charge in [0.1, 0.15) is 0 Å². The molecular weight excluding hydrogens is 259 g/mol. The van der Waals surface area contributed by atoms with E-state index in [2.05, 4.69) is 5.32 Å². The van der Waals surface area contributed by atoms with Crippen LogP contribution in [0.1, 0.15) is 24.8 Å². The number of benzene rings is 1. The van der Waals surface area contributed by atoms with Crippen LogP contribution in [0.5, 0.6) is 0 Å². The number of hydrogen-bond donors (Lipinski definition) is 1. The zero-order chi connectivity index (χ0) is 13.4. The zero-order valence-corrected chi connectivity index (χ0v) is 11.2. The molecule has 0 atom stereocenters. The Balaban J connectivity index is 2.10. The molecule has 0 saturated heterocycles. The first-order valence-electron chi connectivity index (χ1n) is 5.91. The summed E-state index contributed by atoms with van der Waals surface area (Å²) in [6, 6.07) is 8.17. The molecule has 102 valence electrons. The Bertz CT molecular complexity index is 335. The second kappa shape index (κ2) is 7.69. The highest BCUT2D eigenvalue weighted by Gasteiger charge is 2.25. The molecule has 1 N–H and O–H groups in total. The van der Waals surface area contributed by atoms with E-state index in [-0.39, 0.29) is 6.42 Å². The van der Waals surface area contributed by atoms with E-state index in [0.717, 1.165) is 5.56 Å². The van der Waals surface area contributed by atoms with Crippen molar-refractivity contribution in [2.24, 2.45) is 0 Å². The Morgan fingerprint density at radius 2 is 1.78 bits per heavy atom. The van der Waals surface area contributed by atoms with Gasteiger partial charge >= 0.3 is 6.18 Å². The predicted molar refractivity (Wildman–Crippen MR) is 69.8 cm³/mol. The maximum atomic E-state index is 11.9. The van der Waals surface area contributed by atoms with Gasteiger partial charge in [0.25, 0.3) is 0 Å². The number of alkyl halides is 3. The molecule has 0 heterocycles. The molecule has 0 radical (unpaired) electrons. The maximum Gasteiger partial charge on any atom is 0.389 e. The maximum absolute atomic E-state index is 11.9. The molecule has 0 bridgehead atoms. The summed E-state index contributed by atoms with van der Waals surface area (Å²) in [5.74, 6) is 0. The molecule has 0 fully saturated rings. The first-order valence-corrected chi connectivity index (χ1v) is 7.14. The molecule has 0 amide bonds. The van der Waals surface area contributed by atoms with Gasteiger partial charge in [-0.15, -0.1) is 11.8 Å². The summed E-state index contributed by atoms with van der Waals surface area (Å²) in [7, 11) is 0. The van der Waals surface area contributed by atoms with Gasteiger partial charge in [0.15, 0.2) is 0 Å². The van der Waals surface area contributed by atoms with Crippen LogP contribution in [0.3, 0.4) is 0 Å². The fourth-order valence-corrected chi connectivity index (χ4v) is 1.96. The molecule has 1 aromatic rings. The van der Waals surface area contributed by atoms with Gasteiger partial charge in [-0.25, -0.2) is 0 Å². The average Bonchev–Trinajstić information content (AvgIpc) is 2.33. The molecule has 0 aliphatic rings. The summed E-state index contributed by atoms with van der Waals surface area (Å²) in [5, 5.41) is 3.15. The van der Waals surface area contributed by atoms with Crippen molar-refractivity contribution in [1.82, 2.24) is 5.32 Å². The van der Waals surface area contributed by atoms with Crippen LogP contribution in [0, 0.1) is 0 Å². The first kappa shape index (κ1) is 15.4. The highest BCUT2D eigenvalue weighted by Crippen LogP contribution is 2.21. The summed E-state index contributed by atoms with van der Waals surface area (Å²) in [4.78, 5) is 1.21. The van der Waals surface area contributed by atoms with Crippen molar-refractivity contribution in [1.29, 1.82) is 0 Å². The first-order chi connectivity index (χ1) is 8.51. The molecule has 0 aliphatic carbocycles. The van der Waals surface area contributed by atoms with Crippen molar-refractivity contribution in [2.45, 2.75) is 36.9 Å². The highest BCUT2D eigenvalue weighted by atomic mass is 32.2. The Hall–Kier alpha value is -0.680. The Labute approximate surface area is 110 Å². The number of nitrogens with one attached hydrogen (secondary N) is 1. The van der Waals surface area contributed by atoms with Crippen molar-refractivity contribution in [3.63, 3.8) is 0 Å². The number of thioether (sulfide) groups is 1. The van der Waals surface area contributed by atoms with E-state index in [1.807, 2.05) is 30.5 Å². The van der Waals surface area contributed by atoms with E-state index in [9.17, 15) is 13.2 Å². The summed E-state index contributed by atoms with van der Waals surface area (Å²) >= 11 is 1.69. The van der Waals surface area contributed by atoms with Crippen molar-refractivity contribution in [3.05, 3.63) is 29.8 Å². The third-order valence-corrected chi connectivity index (χ3v) is 3.30. The van der Waals surface area contributed by atoms with Crippen molar-refractivity contribution in [3.8, 4) is 0 Å². The minimum atomic E-state index is -4.02. The number of halogens is 3. The Kier molecular flexibility index (Phi) is 6.57. The van der Waals surface area contributed by atoms with Crippen LogP contribution in [0.15, 0.2) is 29.2 Å². The smallest absolute Gasteiger partial charge is 0.313 e. The van der Waals surface area contributed by atoms with E-state index >= 15 is 0 Å². The summed E-state index contributed by atoms with van der Waals surface area (Å²) in [6.45, 7) is 1.33. The van der Waals surface area contributed by atoms with Gasteiger partial charge in [-0.1, -0.05) is 12.1 Å². The van der Waals surface area contributed by atoms with Crippen molar-refractivity contribution >= 4 is 11.8 Å². The summed E-state index contributed by atoms with van der Waals surface area (Å²) in [6.07, 6.45) is -1.93. The molecule has 18 heavy (non-hydrogen) atoms. The van der Waals surface area contributed by atoms with Crippen LogP contribution in [-0.4, -0.2) is 19.0 Å². The van der Waals surface area contributed by atoms with Crippen LogP contribution in [0.4, 0.5) is 13.2 Å². The van der Waals surface area contributed by atoms with Crippen LogP contribution >= 0.6 is 11.8 Å². The zero-order valence-electron chi connectivity index (χ0n) is 10.4. The van der Waals surface area contributed by atoms with Gasteiger partial charge in [-0.3, -0.25) is 0 Å². The quantitative estimate of drug-likeness (QED) is 0.591. The minimum absolute atomic E-state index is 0.196. The molecule has 0 unspecified atom stereocenters. The van der Waals surface area contributed by atoms with Crippen molar-refractivity contribution < 1.29 is 13.2 Å². The SMILES string of the molecule is CSc1ccc(CNCCCCC(F)(F)F)cc1. The third kappa shape index (κ3) is 6.91. The molecule has 1 aromatic carbocycles. The number of rotatable bonds is 7. The molecule has 0 saturated carbocycles. The normalized spacial score (nSPS) is 11.8. The van der Waals surface area contributed by atoms with Crippen molar-refractivity contribution in [2.75, 3.05) is 12.8 Å². The average molecular weight is 277 g/mol. The van der Waals surface area contributed by atoms with Gasteiger partial charge in [-0.2, -0.15) is 13.2 Å². The topological polar surface area (TPSA) is 12.0 Å². The van der Waals surface area contributed by atoms with E-state index in [1.54, 1.807) is 11.8 Å². The molecule has 1 nitrogen and oxygen atoms in total. The monoisotopic (exact) mass is 277 g/mol. The second-order valence-corrected chi connectivity index (χ2v) is 4.98. The van der Waals surface area contributed by atoms with Crippen LogP contribution < -0.4 is 5.32 Å². The Morgan fingerprint density at radius 1 is 1.11 bits per heavy atom. The molecule has 0 aliphatic heterocycles. The fraction of sp³-hybridized carbons (Fsp3) is 0.538. The van der Waals surface area contributed by atoms with Gasteiger partial charge in [-0.05, 0) is 43.3 Å². The van der Waals surface area contributed by atoms with E-state index in [0.29, 0.717) is 19.5 Å². The molecule has 5 heteroatoms. The molecule has 0 spiro atoms. The fourth-order valence-electron chi connectivity index (χ4n) is 1.55. The van der Waals surface area contributed by atoms with E-state index in [1.165, 1.54) is 4.90 Å². The summed E-state index contributed by atoms with van der Waals surface area (Å²) < 4.78 is 35.6. The lowest BCUT2D eigenvalue weighted by atomic mass is 10.2.